The summed E-state index contributed by atoms with van der Waals surface area (Å²) in [5.41, 5.74) is 0. The van der Waals surface area contributed by atoms with Gasteiger partial charge in [-0.1, -0.05) is 0 Å². The molecular weight excluding hydrogens is 118 g/mol. The van der Waals surface area contributed by atoms with Gasteiger partial charge in [0.15, 0.2) is 0 Å². The summed E-state index contributed by atoms with van der Waals surface area (Å²) >= 11 is 0. The first-order chi connectivity index (χ1) is 4.09. The average molecular weight is 130 g/mol. The molecule has 3 heteroatoms. The molecule has 0 rings (SSSR count). The molecule has 1 radical (unpaired) electrons. The van der Waals surface area contributed by atoms with Crippen molar-refractivity contribution in [2.24, 2.45) is 0 Å². The van der Waals surface area contributed by atoms with Crippen LogP contribution in [0.15, 0.2) is 0 Å². The molecule has 0 heterocycles. The third kappa shape index (κ3) is 2.46. The molecule has 0 fully saturated rings. The SMILES string of the molecule is [CH2]OC(=O)C(C)N(C)C. The number of ether oxygens (including phenoxy) is 1. The van der Waals surface area contributed by atoms with Crippen LogP contribution in [0.4, 0.5) is 0 Å². The second-order valence-electron chi connectivity index (χ2n) is 2.10. The maximum atomic E-state index is 10.6. The number of esters is 1. The largest absolute Gasteiger partial charge is 0.461 e. The van der Waals surface area contributed by atoms with Crippen molar-refractivity contribution in [1.29, 1.82) is 0 Å². The quantitative estimate of drug-likeness (QED) is 0.502. The summed E-state index contributed by atoms with van der Waals surface area (Å²) in [5, 5.41) is 0. The van der Waals surface area contributed by atoms with Gasteiger partial charge >= 0.3 is 5.97 Å². The Kier molecular flexibility index (Phi) is 3.24. The molecule has 0 aromatic carbocycles. The van der Waals surface area contributed by atoms with Crippen molar-refractivity contribution in [2.45, 2.75) is 13.0 Å². The van der Waals surface area contributed by atoms with Gasteiger partial charge in [-0.15, -0.1) is 0 Å². The molecule has 0 aromatic heterocycles. The summed E-state index contributed by atoms with van der Waals surface area (Å²) in [4.78, 5) is 12.4. The molecule has 1 atom stereocenters. The monoisotopic (exact) mass is 130 g/mol. The number of rotatable bonds is 2. The van der Waals surface area contributed by atoms with E-state index < -0.39 is 0 Å². The summed E-state index contributed by atoms with van der Waals surface area (Å²) in [6, 6.07) is -0.206. The van der Waals surface area contributed by atoms with Crippen LogP contribution in [-0.4, -0.2) is 31.0 Å². The van der Waals surface area contributed by atoms with Gasteiger partial charge in [0.2, 0.25) is 0 Å². The summed E-state index contributed by atoms with van der Waals surface area (Å²) in [7, 11) is 6.63. The normalized spacial score (nSPS) is 13.4. The smallest absolute Gasteiger partial charge is 0.323 e. The highest BCUT2D eigenvalue weighted by Crippen LogP contribution is 1.92. The van der Waals surface area contributed by atoms with E-state index in [0.717, 1.165) is 0 Å². The molecule has 0 aliphatic rings. The lowest BCUT2D eigenvalue weighted by Crippen LogP contribution is -2.33. The Morgan fingerprint density at radius 2 is 2.11 bits per heavy atom. The van der Waals surface area contributed by atoms with Gasteiger partial charge in [-0.3, -0.25) is 9.69 Å². The first-order valence-electron chi connectivity index (χ1n) is 2.72. The van der Waals surface area contributed by atoms with Gasteiger partial charge in [0, 0.05) is 0 Å². The van der Waals surface area contributed by atoms with E-state index in [9.17, 15) is 4.79 Å². The number of hydrogen-bond acceptors (Lipinski definition) is 3. The van der Waals surface area contributed by atoms with Gasteiger partial charge in [-0.25, -0.2) is 0 Å². The predicted molar refractivity (Wildman–Crippen MR) is 34.6 cm³/mol. The second kappa shape index (κ2) is 3.45. The third-order valence-electron chi connectivity index (χ3n) is 1.26. The molecule has 0 saturated carbocycles. The van der Waals surface area contributed by atoms with Crippen LogP contribution >= 0.6 is 0 Å². The first kappa shape index (κ1) is 8.43. The highest BCUT2D eigenvalue weighted by molar-refractivity contribution is 5.75. The van der Waals surface area contributed by atoms with Crippen LogP contribution in [-0.2, 0) is 9.53 Å². The van der Waals surface area contributed by atoms with Crippen molar-refractivity contribution in [3.63, 3.8) is 0 Å². The molecule has 0 aromatic rings. The Morgan fingerprint density at radius 3 is 2.22 bits per heavy atom. The van der Waals surface area contributed by atoms with Gasteiger partial charge in [-0.2, -0.15) is 0 Å². The molecule has 3 nitrogen and oxygen atoms in total. The van der Waals surface area contributed by atoms with E-state index in [0.29, 0.717) is 0 Å². The van der Waals surface area contributed by atoms with Crippen molar-refractivity contribution in [3.8, 4) is 0 Å². The molecule has 0 N–H and O–H groups in total. The van der Waals surface area contributed by atoms with Crippen molar-refractivity contribution in [3.05, 3.63) is 7.11 Å². The van der Waals surface area contributed by atoms with Crippen molar-refractivity contribution in [2.75, 3.05) is 14.1 Å². The fourth-order valence-corrected chi connectivity index (χ4v) is 0.331. The van der Waals surface area contributed by atoms with E-state index in [1.54, 1.807) is 11.8 Å². The van der Waals surface area contributed by atoms with Crippen LogP contribution in [0.3, 0.4) is 0 Å². The van der Waals surface area contributed by atoms with Crippen molar-refractivity contribution < 1.29 is 9.53 Å². The van der Waals surface area contributed by atoms with Crippen LogP contribution in [0.25, 0.3) is 0 Å². The number of likely N-dealkylation sites (N-methyl/N-ethyl adjacent to an activating group) is 1. The van der Waals surface area contributed by atoms with Crippen molar-refractivity contribution >= 4 is 5.97 Å². The molecule has 1 unspecified atom stereocenters. The van der Waals surface area contributed by atoms with Gasteiger partial charge in [-0.05, 0) is 21.0 Å². The van der Waals surface area contributed by atoms with E-state index in [1.165, 1.54) is 0 Å². The second-order valence-corrected chi connectivity index (χ2v) is 2.10. The summed E-state index contributed by atoms with van der Waals surface area (Å²) in [6.45, 7) is 1.76. The standard InChI is InChI=1S/C6H12NO2/c1-5(7(2)3)6(8)9-4/h5H,4H2,1-3H3. The van der Waals surface area contributed by atoms with Crippen LogP contribution in [0.2, 0.25) is 0 Å². The molecule has 0 spiro atoms. The maximum absolute atomic E-state index is 10.6. The maximum Gasteiger partial charge on any atom is 0.323 e. The number of nitrogens with zero attached hydrogens (tertiary/aromatic N) is 1. The van der Waals surface area contributed by atoms with Crippen LogP contribution in [0.5, 0.6) is 0 Å². The number of carbonyl (C=O) groups is 1. The number of hydrogen-bond donors (Lipinski definition) is 0. The molecule has 53 valence electrons. The molecule has 9 heavy (non-hydrogen) atoms. The third-order valence-corrected chi connectivity index (χ3v) is 1.26. The fourth-order valence-electron chi connectivity index (χ4n) is 0.331. The van der Waals surface area contributed by atoms with E-state index in [1.807, 2.05) is 14.1 Å². The minimum absolute atomic E-state index is 0.206. The fraction of sp³-hybridized carbons (Fsp3) is 0.667. The molecule has 0 aliphatic heterocycles. The van der Waals surface area contributed by atoms with E-state index >= 15 is 0 Å². The van der Waals surface area contributed by atoms with Crippen LogP contribution in [0.1, 0.15) is 6.92 Å². The van der Waals surface area contributed by atoms with E-state index in [-0.39, 0.29) is 12.0 Å². The molecule has 0 bridgehead atoms. The van der Waals surface area contributed by atoms with E-state index in [2.05, 4.69) is 11.8 Å². The van der Waals surface area contributed by atoms with Gasteiger partial charge < -0.3 is 4.74 Å². The zero-order valence-corrected chi connectivity index (χ0v) is 6.05. The van der Waals surface area contributed by atoms with E-state index in [4.69, 9.17) is 0 Å². The highest BCUT2D eigenvalue weighted by Gasteiger charge is 2.13. The van der Waals surface area contributed by atoms with Crippen LogP contribution in [0, 0.1) is 7.11 Å². The lowest BCUT2D eigenvalue weighted by atomic mass is 10.3. The van der Waals surface area contributed by atoms with Gasteiger partial charge in [0.25, 0.3) is 0 Å². The lowest BCUT2D eigenvalue weighted by molar-refractivity contribution is -0.143. The summed E-state index contributed by atoms with van der Waals surface area (Å²) in [6.07, 6.45) is 0. The minimum Gasteiger partial charge on any atom is -0.461 e. The Morgan fingerprint density at radius 1 is 1.67 bits per heavy atom. The Labute approximate surface area is 55.6 Å². The van der Waals surface area contributed by atoms with Crippen molar-refractivity contribution in [1.82, 2.24) is 4.90 Å². The molecule has 0 amide bonds. The minimum atomic E-state index is -0.306. The Balaban J connectivity index is 3.72. The zero-order chi connectivity index (χ0) is 7.44. The zero-order valence-electron chi connectivity index (χ0n) is 6.05. The summed E-state index contributed by atoms with van der Waals surface area (Å²) < 4.78 is 4.24. The van der Waals surface area contributed by atoms with Gasteiger partial charge in [0.1, 0.15) is 13.2 Å². The number of carbonyl (C=O) groups excluding carboxylic acids is 1. The Bertz CT molecular complexity index is 101. The van der Waals surface area contributed by atoms with Crippen LogP contribution < -0.4 is 0 Å². The lowest BCUT2D eigenvalue weighted by Gasteiger charge is -2.15. The molecular formula is C6H12NO2. The highest BCUT2D eigenvalue weighted by atomic mass is 16.5. The summed E-state index contributed by atoms with van der Waals surface area (Å²) in [5.74, 6) is -0.306. The molecule has 0 saturated heterocycles. The Hall–Kier alpha value is -0.570. The predicted octanol–water partition coefficient (Wildman–Crippen LogP) is 0.271. The van der Waals surface area contributed by atoms with Gasteiger partial charge in [0.05, 0.1) is 0 Å². The average Bonchev–Trinajstić information content (AvgIpc) is 1.84. The first-order valence-corrected chi connectivity index (χ1v) is 2.72. The molecule has 0 aliphatic carbocycles. The topological polar surface area (TPSA) is 29.5 Å².